The molecule has 3 N–H and O–H groups in total. The molecule has 0 aliphatic rings. The summed E-state index contributed by atoms with van der Waals surface area (Å²) in [5.74, 6) is -0.283. The van der Waals surface area contributed by atoms with E-state index in [1.165, 1.54) is 13.2 Å². The van der Waals surface area contributed by atoms with Crippen LogP contribution < -0.4 is 15.8 Å². The molecule has 6 heteroatoms. The molecule has 0 amide bonds. The molecule has 0 atom stereocenters. The maximum absolute atomic E-state index is 13.4. The van der Waals surface area contributed by atoms with Crippen molar-refractivity contribution in [3.8, 4) is 5.75 Å². The molecule has 0 radical (unpaired) electrons. The predicted octanol–water partition coefficient (Wildman–Crippen LogP) is 3.85. The number of benzene rings is 1. The summed E-state index contributed by atoms with van der Waals surface area (Å²) in [6.45, 7) is 0.622. The zero-order valence-corrected chi connectivity index (χ0v) is 12.1. The van der Waals surface area contributed by atoms with Crippen molar-refractivity contribution < 1.29 is 9.13 Å². The average Bonchev–Trinajstić information content (AvgIpc) is 2.74. The molecular weight excluding hydrogens is 319 g/mol. The molecule has 0 aliphatic heterocycles. The fourth-order valence-corrected chi connectivity index (χ4v) is 2.94. The Balaban J connectivity index is 2.16. The molecule has 0 aliphatic carbocycles. The quantitative estimate of drug-likeness (QED) is 0.837. The average molecular weight is 331 g/mol. The Bertz CT molecular complexity index is 559. The topological polar surface area (TPSA) is 47.3 Å². The largest absolute Gasteiger partial charge is 0.494 e. The van der Waals surface area contributed by atoms with Crippen LogP contribution in [0, 0.1) is 5.82 Å². The summed E-state index contributed by atoms with van der Waals surface area (Å²) in [6.07, 6.45) is 0. The molecule has 0 unspecified atom stereocenters. The molecule has 0 saturated carbocycles. The lowest BCUT2D eigenvalue weighted by Crippen LogP contribution is -2.03. The van der Waals surface area contributed by atoms with E-state index in [2.05, 4.69) is 21.2 Å². The highest BCUT2D eigenvalue weighted by Crippen LogP contribution is 2.29. The standard InChI is InChI=1S/C12H12BrFN2OS/c1-17-11-5-10(9(15)4-8(11)14)16-6-12-7(13)2-3-18-12/h2-5,16H,6,15H2,1H3. The van der Waals surface area contributed by atoms with Crippen molar-refractivity contribution in [1.82, 2.24) is 0 Å². The number of nitrogens with two attached hydrogens (primary N) is 1. The van der Waals surface area contributed by atoms with Gasteiger partial charge in [-0.25, -0.2) is 4.39 Å². The molecule has 0 bridgehead atoms. The monoisotopic (exact) mass is 330 g/mol. The van der Waals surface area contributed by atoms with Gasteiger partial charge in [0.15, 0.2) is 11.6 Å². The van der Waals surface area contributed by atoms with Gasteiger partial charge in [-0.1, -0.05) is 0 Å². The van der Waals surface area contributed by atoms with Crippen LogP contribution in [0.3, 0.4) is 0 Å². The van der Waals surface area contributed by atoms with Crippen LogP contribution in [-0.2, 0) is 6.54 Å². The smallest absolute Gasteiger partial charge is 0.167 e. The van der Waals surface area contributed by atoms with Gasteiger partial charge in [0.2, 0.25) is 0 Å². The summed E-state index contributed by atoms with van der Waals surface area (Å²) in [5, 5.41) is 5.16. The van der Waals surface area contributed by atoms with Crippen molar-refractivity contribution in [2.75, 3.05) is 18.2 Å². The molecule has 96 valence electrons. The third-order valence-electron chi connectivity index (χ3n) is 2.45. The van der Waals surface area contributed by atoms with Gasteiger partial charge in [-0.2, -0.15) is 0 Å². The molecule has 1 aromatic carbocycles. The Morgan fingerprint density at radius 1 is 1.50 bits per heavy atom. The van der Waals surface area contributed by atoms with Crippen LogP contribution in [0.5, 0.6) is 5.75 Å². The summed E-state index contributed by atoms with van der Waals surface area (Å²) < 4.78 is 19.3. The van der Waals surface area contributed by atoms with Gasteiger partial charge < -0.3 is 15.8 Å². The highest BCUT2D eigenvalue weighted by atomic mass is 79.9. The summed E-state index contributed by atoms with van der Waals surface area (Å²) in [5.41, 5.74) is 6.78. The Morgan fingerprint density at radius 3 is 2.89 bits per heavy atom. The van der Waals surface area contributed by atoms with Crippen LogP contribution in [0.25, 0.3) is 0 Å². The van der Waals surface area contributed by atoms with Gasteiger partial charge in [0.25, 0.3) is 0 Å². The third kappa shape index (κ3) is 2.76. The van der Waals surface area contributed by atoms with Crippen molar-refractivity contribution in [3.05, 3.63) is 38.7 Å². The second-order valence-corrected chi connectivity index (χ2v) is 5.47. The first-order valence-corrected chi connectivity index (χ1v) is 6.88. The normalized spacial score (nSPS) is 10.4. The maximum atomic E-state index is 13.4. The number of hydrogen-bond acceptors (Lipinski definition) is 4. The Hall–Kier alpha value is -1.27. The van der Waals surface area contributed by atoms with Gasteiger partial charge in [-0.05, 0) is 27.4 Å². The maximum Gasteiger partial charge on any atom is 0.167 e. The molecule has 2 rings (SSSR count). The van der Waals surface area contributed by atoms with E-state index in [0.29, 0.717) is 17.9 Å². The van der Waals surface area contributed by atoms with E-state index < -0.39 is 5.82 Å². The number of nitrogens with one attached hydrogen (secondary N) is 1. The number of rotatable bonds is 4. The van der Waals surface area contributed by atoms with E-state index >= 15 is 0 Å². The molecule has 1 heterocycles. The van der Waals surface area contributed by atoms with Gasteiger partial charge in [0, 0.05) is 21.5 Å². The molecule has 0 saturated heterocycles. The molecule has 0 spiro atoms. The number of ether oxygens (including phenoxy) is 1. The van der Waals surface area contributed by atoms with Gasteiger partial charge in [-0.3, -0.25) is 0 Å². The number of methoxy groups -OCH3 is 1. The van der Waals surface area contributed by atoms with Crippen LogP contribution in [0.4, 0.5) is 15.8 Å². The minimum Gasteiger partial charge on any atom is -0.494 e. The number of halogens is 2. The molecular formula is C12H12BrFN2OS. The lowest BCUT2D eigenvalue weighted by atomic mass is 10.2. The highest BCUT2D eigenvalue weighted by Gasteiger charge is 2.09. The summed E-state index contributed by atoms with van der Waals surface area (Å²) >= 11 is 5.08. The molecule has 1 aromatic heterocycles. The molecule has 2 aromatic rings. The van der Waals surface area contributed by atoms with Gasteiger partial charge >= 0.3 is 0 Å². The van der Waals surface area contributed by atoms with Crippen molar-refractivity contribution >= 4 is 38.6 Å². The van der Waals surface area contributed by atoms with Gasteiger partial charge in [0.1, 0.15) is 0 Å². The van der Waals surface area contributed by atoms with Crippen LogP contribution in [0.2, 0.25) is 0 Å². The molecule has 0 fully saturated rings. The van der Waals surface area contributed by atoms with E-state index in [4.69, 9.17) is 10.5 Å². The van der Waals surface area contributed by atoms with Crippen LogP contribution in [0.15, 0.2) is 28.1 Å². The second-order valence-electron chi connectivity index (χ2n) is 3.62. The SMILES string of the molecule is COc1cc(NCc2sccc2Br)c(N)cc1F. The fourth-order valence-electron chi connectivity index (χ4n) is 1.51. The van der Waals surface area contributed by atoms with E-state index in [1.807, 2.05) is 11.4 Å². The van der Waals surface area contributed by atoms with E-state index in [1.54, 1.807) is 17.4 Å². The fraction of sp³-hybridized carbons (Fsp3) is 0.167. The first-order chi connectivity index (χ1) is 8.61. The minimum absolute atomic E-state index is 0.178. The summed E-state index contributed by atoms with van der Waals surface area (Å²) in [4.78, 5) is 1.15. The van der Waals surface area contributed by atoms with Crippen LogP contribution in [0.1, 0.15) is 4.88 Å². The minimum atomic E-state index is -0.460. The number of hydrogen-bond donors (Lipinski definition) is 2. The third-order valence-corrected chi connectivity index (χ3v) is 4.38. The predicted molar refractivity (Wildman–Crippen MR) is 76.7 cm³/mol. The number of thiophene rings is 1. The first kappa shape index (κ1) is 13.2. The van der Waals surface area contributed by atoms with E-state index in [9.17, 15) is 4.39 Å². The lowest BCUT2D eigenvalue weighted by molar-refractivity contribution is 0.387. The number of nitrogen functional groups attached to an aromatic ring is 1. The Labute approximate surface area is 117 Å². The Morgan fingerprint density at radius 2 is 2.28 bits per heavy atom. The summed E-state index contributed by atoms with van der Waals surface area (Å²) in [6, 6.07) is 4.80. The van der Waals surface area contributed by atoms with E-state index in [-0.39, 0.29) is 5.75 Å². The summed E-state index contributed by atoms with van der Waals surface area (Å²) in [7, 11) is 1.42. The molecule has 18 heavy (non-hydrogen) atoms. The van der Waals surface area contributed by atoms with Crippen molar-refractivity contribution in [3.63, 3.8) is 0 Å². The molecule has 3 nitrogen and oxygen atoms in total. The zero-order valence-electron chi connectivity index (χ0n) is 9.67. The Kier molecular flexibility index (Phi) is 4.08. The van der Waals surface area contributed by atoms with Crippen molar-refractivity contribution in [1.29, 1.82) is 0 Å². The second kappa shape index (κ2) is 5.58. The van der Waals surface area contributed by atoms with Crippen LogP contribution >= 0.6 is 27.3 Å². The van der Waals surface area contributed by atoms with Crippen LogP contribution in [-0.4, -0.2) is 7.11 Å². The van der Waals surface area contributed by atoms with Gasteiger partial charge in [0.05, 0.1) is 25.0 Å². The zero-order chi connectivity index (χ0) is 13.1. The first-order valence-electron chi connectivity index (χ1n) is 5.20. The lowest BCUT2D eigenvalue weighted by Gasteiger charge is -2.11. The van der Waals surface area contributed by atoms with Crippen molar-refractivity contribution in [2.45, 2.75) is 6.54 Å². The van der Waals surface area contributed by atoms with E-state index in [0.717, 1.165) is 9.35 Å². The highest BCUT2D eigenvalue weighted by molar-refractivity contribution is 9.10. The number of anilines is 2. The van der Waals surface area contributed by atoms with Crippen molar-refractivity contribution in [2.24, 2.45) is 0 Å². The van der Waals surface area contributed by atoms with Gasteiger partial charge in [-0.15, -0.1) is 11.3 Å².